The molecule has 1 unspecified atom stereocenters. The van der Waals surface area contributed by atoms with E-state index in [4.69, 9.17) is 17.3 Å². The van der Waals surface area contributed by atoms with Crippen molar-refractivity contribution >= 4 is 23.4 Å². The smallest absolute Gasteiger partial charge is 0.242 e. The zero-order valence-corrected chi connectivity index (χ0v) is 12.4. The Morgan fingerprint density at radius 3 is 3.00 bits per heavy atom. The van der Waals surface area contributed by atoms with Gasteiger partial charge in [-0.3, -0.25) is 9.59 Å². The van der Waals surface area contributed by atoms with Gasteiger partial charge >= 0.3 is 0 Å². The van der Waals surface area contributed by atoms with Gasteiger partial charge in [0, 0.05) is 24.7 Å². The fraction of sp³-hybridized carbons (Fsp3) is 0.429. The molecule has 0 bridgehead atoms. The molecule has 1 saturated heterocycles. The Kier molecular flexibility index (Phi) is 5.55. The summed E-state index contributed by atoms with van der Waals surface area (Å²) in [5, 5.41) is 6.42. The van der Waals surface area contributed by atoms with Gasteiger partial charge in [0.15, 0.2) is 0 Å². The second kappa shape index (κ2) is 7.40. The molecule has 0 aromatic heterocycles. The molecule has 1 aliphatic heterocycles. The lowest BCUT2D eigenvalue weighted by Gasteiger charge is -2.36. The number of piperazine rings is 1. The molecule has 2 amide bonds. The highest BCUT2D eigenvalue weighted by molar-refractivity contribution is 6.30. The van der Waals surface area contributed by atoms with E-state index in [1.807, 2.05) is 18.2 Å². The van der Waals surface area contributed by atoms with Crippen LogP contribution in [0.2, 0.25) is 5.02 Å². The van der Waals surface area contributed by atoms with E-state index in [1.165, 1.54) is 0 Å². The van der Waals surface area contributed by atoms with Gasteiger partial charge in [-0.15, -0.1) is 0 Å². The number of hydrogen-bond acceptors (Lipinski definition) is 4. The standard InChI is InChI=1S/C14H19ClN4O2/c15-11-3-1-2-10(6-11)12-8-17-4-5-19(12)14(21)9-18-13(20)7-16/h1-3,6,12,17H,4-5,7-9,16H2,(H,18,20). The van der Waals surface area contributed by atoms with E-state index in [1.54, 1.807) is 11.0 Å². The van der Waals surface area contributed by atoms with Crippen molar-refractivity contribution in [1.29, 1.82) is 0 Å². The summed E-state index contributed by atoms with van der Waals surface area (Å²) in [7, 11) is 0. The number of hydrogen-bond donors (Lipinski definition) is 3. The van der Waals surface area contributed by atoms with Gasteiger partial charge in [0.25, 0.3) is 0 Å². The highest BCUT2D eigenvalue weighted by Crippen LogP contribution is 2.24. The Morgan fingerprint density at radius 1 is 1.48 bits per heavy atom. The molecule has 0 spiro atoms. The molecule has 1 aromatic carbocycles. The van der Waals surface area contributed by atoms with Crippen LogP contribution in [0, 0.1) is 0 Å². The Labute approximate surface area is 128 Å². The third kappa shape index (κ3) is 4.17. The monoisotopic (exact) mass is 310 g/mol. The molecule has 0 radical (unpaired) electrons. The van der Waals surface area contributed by atoms with Gasteiger partial charge in [0.1, 0.15) is 0 Å². The number of amides is 2. The fourth-order valence-corrected chi connectivity index (χ4v) is 2.56. The van der Waals surface area contributed by atoms with Crippen LogP contribution in [0.1, 0.15) is 11.6 Å². The first-order valence-electron chi connectivity index (χ1n) is 6.84. The minimum Gasteiger partial charge on any atom is -0.346 e. The van der Waals surface area contributed by atoms with Gasteiger partial charge in [-0.1, -0.05) is 23.7 Å². The number of benzene rings is 1. The average molecular weight is 311 g/mol. The summed E-state index contributed by atoms with van der Waals surface area (Å²) >= 11 is 6.02. The molecule has 0 aliphatic carbocycles. The minimum absolute atomic E-state index is 0.0346. The SMILES string of the molecule is NCC(=O)NCC(=O)N1CCNCC1c1cccc(Cl)c1. The van der Waals surface area contributed by atoms with E-state index in [9.17, 15) is 9.59 Å². The van der Waals surface area contributed by atoms with Crippen LogP contribution in [0.5, 0.6) is 0 Å². The number of rotatable bonds is 4. The molecule has 6 nitrogen and oxygen atoms in total. The summed E-state index contributed by atoms with van der Waals surface area (Å²) < 4.78 is 0. The first-order valence-corrected chi connectivity index (χ1v) is 7.22. The molecule has 7 heteroatoms. The van der Waals surface area contributed by atoms with Crippen molar-refractivity contribution in [2.24, 2.45) is 5.73 Å². The van der Waals surface area contributed by atoms with E-state index >= 15 is 0 Å². The van der Waals surface area contributed by atoms with Crippen molar-refractivity contribution in [2.75, 3.05) is 32.7 Å². The molecule has 1 aliphatic rings. The van der Waals surface area contributed by atoms with Crippen molar-refractivity contribution in [3.05, 3.63) is 34.9 Å². The fourth-order valence-electron chi connectivity index (χ4n) is 2.36. The predicted octanol–water partition coefficient (Wildman–Crippen LogP) is -0.112. The molecule has 21 heavy (non-hydrogen) atoms. The lowest BCUT2D eigenvalue weighted by Crippen LogP contribution is -2.51. The number of halogens is 1. The quantitative estimate of drug-likeness (QED) is 0.724. The lowest BCUT2D eigenvalue weighted by atomic mass is 10.0. The van der Waals surface area contributed by atoms with Crippen molar-refractivity contribution in [3.63, 3.8) is 0 Å². The number of carbonyl (C=O) groups is 2. The second-order valence-electron chi connectivity index (χ2n) is 4.84. The van der Waals surface area contributed by atoms with Gasteiger partial charge < -0.3 is 21.3 Å². The zero-order valence-electron chi connectivity index (χ0n) is 11.6. The minimum atomic E-state index is -0.335. The van der Waals surface area contributed by atoms with Crippen LogP contribution in [0.15, 0.2) is 24.3 Å². The molecule has 114 valence electrons. The van der Waals surface area contributed by atoms with E-state index in [2.05, 4.69) is 10.6 Å². The second-order valence-corrected chi connectivity index (χ2v) is 5.28. The average Bonchev–Trinajstić information content (AvgIpc) is 2.52. The van der Waals surface area contributed by atoms with E-state index < -0.39 is 0 Å². The molecule has 2 rings (SSSR count). The van der Waals surface area contributed by atoms with Gasteiger partial charge in [-0.05, 0) is 17.7 Å². The molecule has 0 saturated carbocycles. The van der Waals surface area contributed by atoms with E-state index in [0.717, 1.165) is 12.1 Å². The summed E-state index contributed by atoms with van der Waals surface area (Å²) in [4.78, 5) is 25.2. The van der Waals surface area contributed by atoms with Crippen molar-refractivity contribution < 1.29 is 9.59 Å². The van der Waals surface area contributed by atoms with Crippen LogP contribution in [-0.4, -0.2) is 49.4 Å². The molecule has 4 N–H and O–H groups in total. The maximum atomic E-state index is 12.3. The number of nitrogens with one attached hydrogen (secondary N) is 2. The van der Waals surface area contributed by atoms with E-state index in [0.29, 0.717) is 18.1 Å². The maximum Gasteiger partial charge on any atom is 0.242 e. The predicted molar refractivity (Wildman–Crippen MR) is 80.8 cm³/mol. The van der Waals surface area contributed by atoms with Crippen LogP contribution in [0.4, 0.5) is 0 Å². The largest absolute Gasteiger partial charge is 0.346 e. The normalized spacial score (nSPS) is 18.4. The summed E-state index contributed by atoms with van der Waals surface area (Å²) in [6.45, 7) is 1.83. The Morgan fingerprint density at radius 2 is 2.29 bits per heavy atom. The van der Waals surface area contributed by atoms with Crippen molar-refractivity contribution in [3.8, 4) is 0 Å². The zero-order chi connectivity index (χ0) is 15.2. The Bertz CT molecular complexity index is 523. The van der Waals surface area contributed by atoms with Gasteiger partial charge in [-0.25, -0.2) is 0 Å². The first-order chi connectivity index (χ1) is 10.1. The van der Waals surface area contributed by atoms with Gasteiger partial charge in [-0.2, -0.15) is 0 Å². The molecule has 1 heterocycles. The third-order valence-electron chi connectivity index (χ3n) is 3.42. The third-order valence-corrected chi connectivity index (χ3v) is 3.65. The van der Waals surface area contributed by atoms with E-state index in [-0.39, 0.29) is 30.9 Å². The summed E-state index contributed by atoms with van der Waals surface area (Å²) in [6, 6.07) is 7.39. The molecule has 1 fully saturated rings. The van der Waals surface area contributed by atoms with Crippen LogP contribution in [-0.2, 0) is 9.59 Å². The molecule has 1 atom stereocenters. The van der Waals surface area contributed by atoms with Crippen LogP contribution >= 0.6 is 11.6 Å². The summed E-state index contributed by atoms with van der Waals surface area (Å²) in [5.74, 6) is -0.457. The lowest BCUT2D eigenvalue weighted by molar-refractivity contribution is -0.135. The van der Waals surface area contributed by atoms with Gasteiger partial charge in [0.05, 0.1) is 19.1 Å². The number of carbonyl (C=O) groups excluding carboxylic acids is 2. The van der Waals surface area contributed by atoms with Crippen LogP contribution < -0.4 is 16.4 Å². The van der Waals surface area contributed by atoms with Crippen molar-refractivity contribution in [1.82, 2.24) is 15.5 Å². The highest BCUT2D eigenvalue weighted by Gasteiger charge is 2.27. The van der Waals surface area contributed by atoms with Gasteiger partial charge in [0.2, 0.25) is 11.8 Å². The summed E-state index contributed by atoms with van der Waals surface area (Å²) in [6.07, 6.45) is 0. The molecule has 1 aromatic rings. The topological polar surface area (TPSA) is 87.5 Å². The van der Waals surface area contributed by atoms with Crippen LogP contribution in [0.3, 0.4) is 0 Å². The Hall–Kier alpha value is -1.63. The number of nitrogens with zero attached hydrogens (tertiary/aromatic N) is 1. The van der Waals surface area contributed by atoms with Crippen LogP contribution in [0.25, 0.3) is 0 Å². The highest BCUT2D eigenvalue weighted by atomic mass is 35.5. The molecular formula is C14H19ClN4O2. The maximum absolute atomic E-state index is 12.3. The first kappa shape index (κ1) is 15.8. The molecular weight excluding hydrogens is 292 g/mol. The number of nitrogens with two attached hydrogens (primary N) is 1. The summed E-state index contributed by atoms with van der Waals surface area (Å²) in [5.41, 5.74) is 6.19. The van der Waals surface area contributed by atoms with Crippen molar-refractivity contribution in [2.45, 2.75) is 6.04 Å². The Balaban J connectivity index is 2.08.